The van der Waals surface area contributed by atoms with Crippen LogP contribution in [-0.2, 0) is 0 Å². The van der Waals surface area contributed by atoms with Crippen molar-refractivity contribution in [2.75, 3.05) is 6.54 Å². The Morgan fingerprint density at radius 2 is 1.71 bits per heavy atom. The molecule has 21 heavy (non-hydrogen) atoms. The first kappa shape index (κ1) is 15.5. The van der Waals surface area contributed by atoms with Crippen molar-refractivity contribution in [3.63, 3.8) is 0 Å². The number of hydrogen-bond donors (Lipinski definition) is 2. The molecule has 5 heteroatoms. The van der Waals surface area contributed by atoms with E-state index in [1.807, 2.05) is 0 Å². The summed E-state index contributed by atoms with van der Waals surface area (Å²) in [5.74, 6) is -2.30. The molecule has 2 unspecified atom stereocenters. The van der Waals surface area contributed by atoms with Gasteiger partial charge in [0.25, 0.3) is 0 Å². The Morgan fingerprint density at radius 3 is 2.38 bits per heavy atom. The van der Waals surface area contributed by atoms with E-state index in [0.29, 0.717) is 5.56 Å². The molecule has 2 N–H and O–H groups in total. The third kappa shape index (κ3) is 3.83. The van der Waals surface area contributed by atoms with Crippen LogP contribution in [0.15, 0.2) is 42.5 Å². The molecule has 2 nitrogen and oxygen atoms in total. The van der Waals surface area contributed by atoms with E-state index >= 15 is 0 Å². The highest BCUT2D eigenvalue weighted by Gasteiger charge is 2.14. The zero-order valence-electron chi connectivity index (χ0n) is 11.5. The fraction of sp³-hybridized carbons (Fsp3) is 0.250. The van der Waals surface area contributed by atoms with Gasteiger partial charge in [0.1, 0.15) is 5.82 Å². The lowest BCUT2D eigenvalue weighted by atomic mass is 10.1. The highest BCUT2D eigenvalue weighted by Crippen LogP contribution is 2.19. The summed E-state index contributed by atoms with van der Waals surface area (Å²) in [4.78, 5) is 0. The van der Waals surface area contributed by atoms with E-state index in [4.69, 9.17) is 0 Å². The van der Waals surface area contributed by atoms with Gasteiger partial charge in [-0.3, -0.25) is 0 Å². The molecule has 0 aliphatic rings. The number of halogens is 3. The molecule has 2 rings (SSSR count). The first-order valence-electron chi connectivity index (χ1n) is 6.60. The lowest BCUT2D eigenvalue weighted by molar-refractivity contribution is 0.170. The predicted octanol–water partition coefficient (Wildman–Crippen LogP) is 3.49. The van der Waals surface area contributed by atoms with E-state index in [2.05, 4.69) is 5.32 Å². The Hall–Kier alpha value is -1.85. The number of hydrogen-bond acceptors (Lipinski definition) is 2. The summed E-state index contributed by atoms with van der Waals surface area (Å²) in [6, 6.07) is 9.26. The largest absolute Gasteiger partial charge is 0.387 e. The summed E-state index contributed by atoms with van der Waals surface area (Å²) in [5, 5.41) is 12.9. The van der Waals surface area contributed by atoms with Gasteiger partial charge >= 0.3 is 0 Å². The molecule has 0 aromatic heterocycles. The minimum Gasteiger partial charge on any atom is -0.387 e. The van der Waals surface area contributed by atoms with Gasteiger partial charge in [-0.1, -0.05) is 24.3 Å². The van der Waals surface area contributed by atoms with Crippen LogP contribution >= 0.6 is 0 Å². The van der Waals surface area contributed by atoms with E-state index in [9.17, 15) is 18.3 Å². The van der Waals surface area contributed by atoms with Crippen LogP contribution in [0, 0.1) is 17.5 Å². The van der Waals surface area contributed by atoms with Crippen molar-refractivity contribution in [3.05, 3.63) is 71.0 Å². The summed E-state index contributed by atoms with van der Waals surface area (Å²) in [5.41, 5.74) is 0.747. The Balaban J connectivity index is 1.99. The number of nitrogens with one attached hydrogen (secondary N) is 1. The van der Waals surface area contributed by atoms with Crippen LogP contribution in [0.2, 0.25) is 0 Å². The van der Waals surface area contributed by atoms with Crippen molar-refractivity contribution < 1.29 is 18.3 Å². The molecule has 112 valence electrons. The molecule has 2 aromatic rings. The minimum absolute atomic E-state index is 0.0978. The van der Waals surface area contributed by atoms with Gasteiger partial charge in [-0.2, -0.15) is 0 Å². The summed E-state index contributed by atoms with van der Waals surface area (Å²) >= 11 is 0. The van der Waals surface area contributed by atoms with Gasteiger partial charge in [0.2, 0.25) is 0 Å². The third-order valence-electron chi connectivity index (χ3n) is 3.32. The monoisotopic (exact) mass is 295 g/mol. The first-order chi connectivity index (χ1) is 9.99. The van der Waals surface area contributed by atoms with Crippen molar-refractivity contribution >= 4 is 0 Å². The molecular formula is C16H16F3NO. The van der Waals surface area contributed by atoms with Crippen LogP contribution in [-0.4, -0.2) is 11.7 Å². The Labute approximate surface area is 121 Å². The molecule has 0 heterocycles. The number of aliphatic hydroxyl groups excluding tert-OH is 1. The van der Waals surface area contributed by atoms with Crippen molar-refractivity contribution in [1.29, 1.82) is 0 Å². The average molecular weight is 295 g/mol. The van der Waals surface area contributed by atoms with Gasteiger partial charge in [-0.05, 0) is 30.7 Å². The molecule has 2 atom stereocenters. The second-order valence-corrected chi connectivity index (χ2v) is 4.84. The lowest BCUT2D eigenvalue weighted by Crippen LogP contribution is -2.25. The fourth-order valence-electron chi connectivity index (χ4n) is 2.06. The van der Waals surface area contributed by atoms with E-state index in [-0.39, 0.29) is 24.0 Å². The zero-order valence-corrected chi connectivity index (χ0v) is 11.5. The molecule has 0 fully saturated rings. The molecule has 0 aliphatic heterocycles. The molecule has 0 amide bonds. The maximum atomic E-state index is 13.6. The lowest BCUT2D eigenvalue weighted by Gasteiger charge is -2.18. The maximum Gasteiger partial charge on any atom is 0.159 e. The smallest absolute Gasteiger partial charge is 0.159 e. The van der Waals surface area contributed by atoms with Gasteiger partial charge in [-0.25, -0.2) is 13.2 Å². The van der Waals surface area contributed by atoms with E-state index < -0.39 is 17.7 Å². The van der Waals surface area contributed by atoms with Crippen LogP contribution in [0.3, 0.4) is 0 Å². The van der Waals surface area contributed by atoms with Gasteiger partial charge in [0.15, 0.2) is 11.6 Å². The maximum absolute atomic E-state index is 13.6. The van der Waals surface area contributed by atoms with E-state index in [1.54, 1.807) is 25.1 Å². The minimum atomic E-state index is -1.01. The molecule has 0 saturated heterocycles. The van der Waals surface area contributed by atoms with E-state index in [0.717, 1.165) is 12.1 Å². The molecular weight excluding hydrogens is 279 g/mol. The molecule has 0 aliphatic carbocycles. The highest BCUT2D eigenvalue weighted by atomic mass is 19.2. The highest BCUT2D eigenvalue weighted by molar-refractivity contribution is 5.22. The standard InChI is InChI=1S/C16H16F3NO/c1-10(12-4-2-3-5-13(12)17)20-9-16(21)11-6-7-14(18)15(19)8-11/h2-8,10,16,20-21H,9H2,1H3. The van der Waals surface area contributed by atoms with Crippen LogP contribution in [0.5, 0.6) is 0 Å². The first-order valence-corrected chi connectivity index (χ1v) is 6.60. The van der Waals surface area contributed by atoms with Gasteiger partial charge < -0.3 is 10.4 Å². The van der Waals surface area contributed by atoms with Crippen molar-refractivity contribution in [2.24, 2.45) is 0 Å². The third-order valence-corrected chi connectivity index (χ3v) is 3.32. The number of rotatable bonds is 5. The normalized spacial score (nSPS) is 14.0. The summed E-state index contributed by atoms with van der Waals surface area (Å²) < 4.78 is 39.5. The van der Waals surface area contributed by atoms with Crippen molar-refractivity contribution in [2.45, 2.75) is 19.1 Å². The topological polar surface area (TPSA) is 32.3 Å². The van der Waals surface area contributed by atoms with Crippen LogP contribution in [0.4, 0.5) is 13.2 Å². The molecule has 0 spiro atoms. The zero-order chi connectivity index (χ0) is 15.4. The van der Waals surface area contributed by atoms with Crippen LogP contribution in [0.1, 0.15) is 30.2 Å². The predicted molar refractivity (Wildman–Crippen MR) is 74.1 cm³/mol. The van der Waals surface area contributed by atoms with Crippen LogP contribution in [0.25, 0.3) is 0 Å². The Morgan fingerprint density at radius 1 is 1.00 bits per heavy atom. The van der Waals surface area contributed by atoms with E-state index in [1.165, 1.54) is 12.1 Å². The fourth-order valence-corrected chi connectivity index (χ4v) is 2.06. The van der Waals surface area contributed by atoms with Crippen molar-refractivity contribution in [1.82, 2.24) is 5.32 Å². The molecule has 0 saturated carbocycles. The molecule has 0 radical (unpaired) electrons. The Kier molecular flexibility index (Phi) is 4.98. The molecule has 2 aromatic carbocycles. The summed E-state index contributed by atoms with van der Waals surface area (Å²) in [7, 11) is 0. The Bertz CT molecular complexity index is 618. The van der Waals surface area contributed by atoms with Crippen molar-refractivity contribution in [3.8, 4) is 0 Å². The average Bonchev–Trinajstić information content (AvgIpc) is 2.47. The second kappa shape index (κ2) is 6.74. The number of benzene rings is 2. The van der Waals surface area contributed by atoms with Gasteiger partial charge in [0.05, 0.1) is 6.10 Å². The quantitative estimate of drug-likeness (QED) is 0.885. The van der Waals surface area contributed by atoms with Gasteiger partial charge in [0, 0.05) is 18.2 Å². The summed E-state index contributed by atoms with van der Waals surface area (Å²) in [6.45, 7) is 1.86. The number of aliphatic hydroxyl groups is 1. The second-order valence-electron chi connectivity index (χ2n) is 4.84. The SMILES string of the molecule is CC(NCC(O)c1ccc(F)c(F)c1)c1ccccc1F. The van der Waals surface area contributed by atoms with Crippen LogP contribution < -0.4 is 5.32 Å². The molecule has 0 bridgehead atoms. The van der Waals surface area contributed by atoms with Gasteiger partial charge in [-0.15, -0.1) is 0 Å². The summed E-state index contributed by atoms with van der Waals surface area (Å²) in [6.07, 6.45) is -1.01.